The fourth-order valence-electron chi connectivity index (χ4n) is 9.22. The summed E-state index contributed by atoms with van der Waals surface area (Å²) in [5, 5.41) is 89.5. The van der Waals surface area contributed by atoms with Crippen molar-refractivity contribution >= 4 is 66.0 Å². The number of aliphatic carboxylic acids is 8. The maximum absolute atomic E-state index is 12.6. The van der Waals surface area contributed by atoms with E-state index < -0.39 is 134 Å². The SMILES string of the molecule is C[C@@]1(CC(=O)O)/C2=C/C3[N-]C(/C=c4\[n-]/c(c(CCC(=O)O)c4CC(=O)O)=C\c4[n-]c(c(CC(=O)O)c4CCC(=O)O)/C=C(\[N-]2)[C@H]1CCC(=O)O)[C@@](C)(CC(=O)O)[C@@H]3CCC(=O)O.[Co]. The smallest absolute Gasteiger partial charge is 0.307 e. The van der Waals surface area contributed by atoms with Gasteiger partial charge in [0.2, 0.25) is 0 Å². The summed E-state index contributed by atoms with van der Waals surface area (Å²) >= 11 is 0. The molecule has 2 aromatic rings. The van der Waals surface area contributed by atoms with E-state index in [1.807, 2.05) is 0 Å². The first-order valence-corrected chi connectivity index (χ1v) is 19.7. The third-order valence-corrected chi connectivity index (χ3v) is 12.1. The molecule has 0 saturated carbocycles. The van der Waals surface area contributed by atoms with Crippen molar-refractivity contribution in [3.63, 3.8) is 0 Å². The van der Waals surface area contributed by atoms with E-state index in [2.05, 4.69) is 0 Å². The summed E-state index contributed by atoms with van der Waals surface area (Å²) in [6.45, 7) is 3.14. The molecule has 20 nitrogen and oxygen atoms in total. The van der Waals surface area contributed by atoms with E-state index >= 15 is 0 Å². The number of hydrogen-bond donors (Lipinski definition) is 8. The Morgan fingerprint density at radius 1 is 0.571 bits per heavy atom. The van der Waals surface area contributed by atoms with E-state index in [0.717, 1.165) is 0 Å². The molecular formula is C42H46CoN4O16-4. The van der Waals surface area contributed by atoms with Crippen molar-refractivity contribution in [1.29, 1.82) is 0 Å². The van der Waals surface area contributed by atoms with E-state index in [4.69, 9.17) is 20.6 Å². The Kier molecular flexibility index (Phi) is 15.6. The Morgan fingerprint density at radius 2 is 1.11 bits per heavy atom. The molecule has 63 heavy (non-hydrogen) atoms. The zero-order valence-electron chi connectivity index (χ0n) is 34.1. The van der Waals surface area contributed by atoms with Crippen LogP contribution < -0.4 is 20.7 Å². The average molecular weight is 922 g/mol. The summed E-state index contributed by atoms with van der Waals surface area (Å²) in [6.07, 6.45) is 0.438. The number of carboxylic acids is 8. The minimum Gasteiger partial charge on any atom is -0.664 e. The van der Waals surface area contributed by atoms with Crippen LogP contribution in [-0.2, 0) is 80.8 Å². The fourth-order valence-corrected chi connectivity index (χ4v) is 9.22. The molecule has 2 unspecified atom stereocenters. The van der Waals surface area contributed by atoms with E-state index in [-0.39, 0.29) is 98.2 Å². The van der Waals surface area contributed by atoms with Crippen LogP contribution in [0.15, 0.2) is 17.5 Å². The van der Waals surface area contributed by atoms with Crippen LogP contribution in [0.25, 0.3) is 28.9 Å². The summed E-state index contributed by atoms with van der Waals surface area (Å²) in [6, 6.07) is -2.18. The maximum atomic E-state index is 12.6. The third kappa shape index (κ3) is 11.3. The summed E-state index contributed by atoms with van der Waals surface area (Å²) in [4.78, 5) is 107. The predicted molar refractivity (Wildman–Crippen MR) is 213 cm³/mol. The largest absolute Gasteiger partial charge is 0.664 e. The fraction of sp³-hybridized carbons (Fsp3) is 0.476. The Balaban J connectivity index is 0.00000871. The molecule has 0 aliphatic carbocycles. The molecule has 2 fully saturated rings. The number of allylic oxidation sites excluding steroid dienone is 2. The van der Waals surface area contributed by atoms with Gasteiger partial charge in [-0.05, 0) is 53.9 Å². The standard InChI is InChI=1S/C42H46N4O16.Co/c1-41(17-39(59)60)23(5-9-35(51)52)29-14-27-21(11-37(55)56)19(3-7-33(47)48)25(43-27)13-26-20(4-8-34(49)50)22(12-38(57)58)28(44-26)15-31-42(2,18-40(61)62)24(6-10-36(53)54)30(46-31)16-32(41)45-29;/h13-16,23-24,30-31H,3-12,17-18H2,1-2H3,(H,47,48)(H,49,50)(H,51,52)(H,53,54)(H,55,56)(H,57,58)(H,59,60)(H,61,62);/q-4;/b26-13-,28-15-,29-14-,32-16-;/t23-,24-,30?,31?,41+,42+;/m1./s1. The minimum absolute atomic E-state index is 0. The van der Waals surface area contributed by atoms with Crippen LogP contribution in [0, 0.1) is 22.7 Å². The zero-order valence-corrected chi connectivity index (χ0v) is 35.1. The number of nitrogens with zero attached hydrogens (tertiary/aromatic N) is 4. The molecular weight excluding hydrogens is 875 g/mol. The predicted octanol–water partition coefficient (Wildman–Crippen LogP) is 2.17. The van der Waals surface area contributed by atoms with Gasteiger partial charge in [-0.3, -0.25) is 38.4 Å². The van der Waals surface area contributed by atoms with Gasteiger partial charge in [0.05, 0.1) is 19.3 Å². The molecule has 5 heterocycles. The minimum atomic E-state index is -1.48. The van der Waals surface area contributed by atoms with E-state index in [0.29, 0.717) is 0 Å². The van der Waals surface area contributed by atoms with Gasteiger partial charge in [-0.15, -0.1) is 46.3 Å². The number of aromatic nitrogens is 2. The van der Waals surface area contributed by atoms with Gasteiger partial charge < -0.3 is 61.5 Å². The van der Waals surface area contributed by atoms with Crippen molar-refractivity contribution in [1.82, 2.24) is 9.97 Å². The Bertz CT molecular complexity index is 2400. The van der Waals surface area contributed by atoms with Crippen LogP contribution in [0.2, 0.25) is 0 Å². The molecule has 8 bridgehead atoms. The van der Waals surface area contributed by atoms with Gasteiger partial charge in [-0.2, -0.15) is 11.4 Å². The second kappa shape index (κ2) is 19.9. The first-order valence-electron chi connectivity index (χ1n) is 19.7. The second-order valence-corrected chi connectivity index (χ2v) is 16.3. The molecule has 3 aliphatic heterocycles. The monoisotopic (exact) mass is 921 g/mol. The first-order chi connectivity index (χ1) is 29.0. The van der Waals surface area contributed by atoms with Crippen LogP contribution in [0.3, 0.4) is 0 Å². The van der Waals surface area contributed by atoms with Gasteiger partial charge in [0.15, 0.2) is 0 Å². The molecule has 343 valence electrons. The molecule has 21 heteroatoms. The number of carboxylic acid groups (broad SMARTS) is 8. The summed E-state index contributed by atoms with van der Waals surface area (Å²) in [7, 11) is 0. The molecule has 0 spiro atoms. The number of rotatable bonds is 20. The second-order valence-electron chi connectivity index (χ2n) is 16.3. The van der Waals surface area contributed by atoms with E-state index in [9.17, 15) is 79.2 Å². The Labute approximate surface area is 369 Å². The van der Waals surface area contributed by atoms with Crippen LogP contribution >= 0.6 is 0 Å². The van der Waals surface area contributed by atoms with Crippen LogP contribution in [-0.4, -0.2) is 101 Å². The van der Waals surface area contributed by atoms with Crippen LogP contribution in [0.5, 0.6) is 0 Å². The quantitative estimate of drug-likeness (QED) is 0.0943. The van der Waals surface area contributed by atoms with Crippen molar-refractivity contribution in [3.05, 3.63) is 72.4 Å². The van der Waals surface area contributed by atoms with Gasteiger partial charge in [-0.1, -0.05) is 42.7 Å². The van der Waals surface area contributed by atoms with Gasteiger partial charge in [0, 0.05) is 48.9 Å². The van der Waals surface area contributed by atoms with Gasteiger partial charge in [-0.25, -0.2) is 0 Å². The Morgan fingerprint density at radius 3 is 1.67 bits per heavy atom. The molecule has 0 amide bonds. The summed E-state index contributed by atoms with van der Waals surface area (Å²) in [5.41, 5.74) is -2.29. The van der Waals surface area contributed by atoms with Crippen molar-refractivity contribution < 1.29 is 96.0 Å². The van der Waals surface area contributed by atoms with Crippen LogP contribution in [0.4, 0.5) is 0 Å². The molecule has 0 aromatic carbocycles. The first kappa shape index (κ1) is 49.5. The zero-order chi connectivity index (χ0) is 45.8. The summed E-state index contributed by atoms with van der Waals surface area (Å²) in [5.74, 6) is -12.0. The molecule has 5 rings (SSSR count). The maximum Gasteiger partial charge on any atom is 0.307 e. The summed E-state index contributed by atoms with van der Waals surface area (Å²) < 4.78 is 0. The number of hydrogen-bond acceptors (Lipinski definition) is 8. The van der Waals surface area contributed by atoms with E-state index in [1.54, 1.807) is 13.8 Å². The molecule has 3 aliphatic rings. The van der Waals surface area contributed by atoms with Gasteiger partial charge >= 0.3 is 47.8 Å². The van der Waals surface area contributed by atoms with Crippen molar-refractivity contribution in [3.8, 4) is 0 Å². The van der Waals surface area contributed by atoms with Gasteiger partial charge in [0.1, 0.15) is 0 Å². The van der Waals surface area contributed by atoms with Gasteiger partial charge in [0.25, 0.3) is 0 Å². The van der Waals surface area contributed by atoms with Crippen LogP contribution in [0.1, 0.15) is 98.9 Å². The number of carbonyl (C=O) groups is 8. The normalized spacial score (nSPS) is 26.2. The third-order valence-electron chi connectivity index (χ3n) is 12.1. The number of fused-ring (bicyclic) bond motifs is 8. The van der Waals surface area contributed by atoms with Crippen molar-refractivity contribution in [2.45, 2.75) is 103 Å². The molecule has 2 aromatic heterocycles. The average Bonchev–Trinajstić information content (AvgIpc) is 3.77. The molecule has 8 N–H and O–H groups in total. The van der Waals surface area contributed by atoms with E-state index in [1.165, 1.54) is 24.3 Å². The van der Waals surface area contributed by atoms with Crippen molar-refractivity contribution in [2.24, 2.45) is 22.7 Å². The van der Waals surface area contributed by atoms with Crippen molar-refractivity contribution in [2.75, 3.05) is 0 Å². The molecule has 6 atom stereocenters. The topological polar surface area (TPSA) is 355 Å². The molecule has 2 saturated heterocycles. The Hall–Kier alpha value is -6.19. The molecule has 1 radical (unpaired) electrons.